The zero-order valence-electron chi connectivity index (χ0n) is 13.6. The summed E-state index contributed by atoms with van der Waals surface area (Å²) < 4.78 is 27.5. The minimum absolute atomic E-state index is 0.110. The Hall–Kier alpha value is -1.38. The molecule has 23 heavy (non-hydrogen) atoms. The predicted molar refractivity (Wildman–Crippen MR) is 86.7 cm³/mol. The molecule has 0 radical (unpaired) electrons. The summed E-state index contributed by atoms with van der Waals surface area (Å²) in [6.45, 7) is 2.15. The summed E-state index contributed by atoms with van der Waals surface area (Å²) in [5.74, 6) is -0.206. The maximum atomic E-state index is 12.6. The molecule has 1 aromatic heterocycles. The van der Waals surface area contributed by atoms with Gasteiger partial charge in [-0.15, -0.1) is 0 Å². The first-order valence-corrected chi connectivity index (χ1v) is 9.55. The molecular weight excluding hydrogens is 316 g/mol. The van der Waals surface area contributed by atoms with Crippen molar-refractivity contribution in [3.8, 4) is 0 Å². The number of piperidine rings is 1. The highest BCUT2D eigenvalue weighted by Gasteiger charge is 2.36. The van der Waals surface area contributed by atoms with Gasteiger partial charge in [-0.3, -0.25) is 9.69 Å². The highest BCUT2D eigenvalue weighted by molar-refractivity contribution is 7.89. The Kier molecular flexibility index (Phi) is 4.48. The number of hydrogen-bond acceptors (Lipinski definition) is 4. The highest BCUT2D eigenvalue weighted by atomic mass is 32.2. The summed E-state index contributed by atoms with van der Waals surface area (Å²) in [5.41, 5.74) is 0.369. The average molecular weight is 340 g/mol. The maximum Gasteiger partial charge on any atom is 0.268 e. The number of amides is 1. The van der Waals surface area contributed by atoms with Crippen molar-refractivity contribution in [3.63, 3.8) is 0 Å². The number of nitrogens with one attached hydrogen (secondary N) is 2. The van der Waals surface area contributed by atoms with Crippen LogP contribution in [0.1, 0.15) is 36.2 Å². The van der Waals surface area contributed by atoms with Crippen LogP contribution in [-0.2, 0) is 17.1 Å². The fraction of sp³-hybridized carbons (Fsp3) is 0.667. The Morgan fingerprint density at radius 2 is 2.04 bits per heavy atom. The molecule has 8 heteroatoms. The van der Waals surface area contributed by atoms with Gasteiger partial charge in [0, 0.05) is 31.9 Å². The highest BCUT2D eigenvalue weighted by Crippen LogP contribution is 2.27. The average Bonchev–Trinajstić information content (AvgIpc) is 3.12. The largest absolute Gasteiger partial charge is 0.346 e. The van der Waals surface area contributed by atoms with Gasteiger partial charge in [-0.1, -0.05) is 6.42 Å². The first-order chi connectivity index (χ1) is 10.9. The molecule has 0 bridgehead atoms. The molecular formula is C15H24N4O3S. The Labute approximate surface area is 137 Å². The fourth-order valence-corrected chi connectivity index (χ4v) is 4.48. The standard InChI is InChI=1S/C15H24N4O3S/c1-16-23(21,22)11-9-14(18(2)10-11)15(20)17-12-6-8-19-7-4-3-5-13(12)19/h9-10,12-13,16H,3-8H2,1-2H3,(H,17,20). The molecule has 0 saturated carbocycles. The first kappa shape index (κ1) is 16.5. The van der Waals surface area contributed by atoms with E-state index < -0.39 is 10.0 Å². The summed E-state index contributed by atoms with van der Waals surface area (Å²) in [6, 6.07) is 2.00. The van der Waals surface area contributed by atoms with Crippen LogP contribution in [0.5, 0.6) is 0 Å². The SMILES string of the molecule is CNS(=O)(=O)c1cc(C(=O)NC2CCN3CCCCC23)n(C)c1. The molecule has 2 unspecified atom stereocenters. The second kappa shape index (κ2) is 6.26. The van der Waals surface area contributed by atoms with Crippen LogP contribution in [0.3, 0.4) is 0 Å². The van der Waals surface area contributed by atoms with Crippen LogP contribution in [0.15, 0.2) is 17.2 Å². The minimum atomic E-state index is -3.54. The van der Waals surface area contributed by atoms with Gasteiger partial charge in [0.05, 0.1) is 0 Å². The van der Waals surface area contributed by atoms with Gasteiger partial charge in [0.1, 0.15) is 10.6 Å². The molecule has 7 nitrogen and oxygen atoms in total. The van der Waals surface area contributed by atoms with Gasteiger partial charge in [-0.05, 0) is 38.9 Å². The smallest absolute Gasteiger partial charge is 0.268 e. The lowest BCUT2D eigenvalue weighted by molar-refractivity contribution is 0.0907. The quantitative estimate of drug-likeness (QED) is 0.825. The monoisotopic (exact) mass is 340 g/mol. The summed E-state index contributed by atoms with van der Waals surface area (Å²) in [7, 11) is -0.494. The van der Waals surface area contributed by atoms with Gasteiger partial charge in [0.25, 0.3) is 5.91 Å². The molecule has 128 valence electrons. The topological polar surface area (TPSA) is 83.4 Å². The van der Waals surface area contributed by atoms with Crippen molar-refractivity contribution >= 4 is 15.9 Å². The first-order valence-electron chi connectivity index (χ1n) is 8.07. The van der Waals surface area contributed by atoms with E-state index >= 15 is 0 Å². The van der Waals surface area contributed by atoms with Crippen molar-refractivity contribution in [1.82, 2.24) is 19.5 Å². The van der Waals surface area contributed by atoms with Gasteiger partial charge < -0.3 is 9.88 Å². The van der Waals surface area contributed by atoms with Crippen LogP contribution < -0.4 is 10.0 Å². The Bertz CT molecular complexity index is 698. The zero-order chi connectivity index (χ0) is 16.6. The lowest BCUT2D eigenvalue weighted by Gasteiger charge is -2.32. The molecule has 0 aliphatic carbocycles. The van der Waals surface area contributed by atoms with Crippen LogP contribution in [0.4, 0.5) is 0 Å². The molecule has 2 fully saturated rings. The molecule has 1 amide bonds. The minimum Gasteiger partial charge on any atom is -0.346 e. The number of carbonyl (C=O) groups excluding carboxylic acids is 1. The second-order valence-electron chi connectivity index (χ2n) is 6.35. The third kappa shape index (κ3) is 3.15. The summed E-state index contributed by atoms with van der Waals surface area (Å²) in [4.78, 5) is 15.1. The van der Waals surface area contributed by atoms with Gasteiger partial charge in [0.2, 0.25) is 10.0 Å². The zero-order valence-corrected chi connectivity index (χ0v) is 14.4. The summed E-state index contributed by atoms with van der Waals surface area (Å²) >= 11 is 0. The van der Waals surface area contributed by atoms with Crippen molar-refractivity contribution in [2.24, 2.45) is 7.05 Å². The van der Waals surface area contributed by atoms with E-state index in [0.29, 0.717) is 11.7 Å². The Morgan fingerprint density at radius 3 is 2.78 bits per heavy atom. The van der Waals surface area contributed by atoms with Crippen molar-refractivity contribution < 1.29 is 13.2 Å². The molecule has 3 heterocycles. The van der Waals surface area contributed by atoms with Crippen molar-refractivity contribution in [1.29, 1.82) is 0 Å². The van der Waals surface area contributed by atoms with Crippen LogP contribution >= 0.6 is 0 Å². The molecule has 3 rings (SSSR count). The third-order valence-corrected chi connectivity index (χ3v) is 6.35. The molecule has 2 atom stereocenters. The van der Waals surface area contributed by atoms with E-state index in [9.17, 15) is 13.2 Å². The van der Waals surface area contributed by atoms with Crippen LogP contribution in [0, 0.1) is 0 Å². The van der Waals surface area contributed by atoms with E-state index in [-0.39, 0.29) is 16.8 Å². The molecule has 1 aromatic rings. The normalized spacial score (nSPS) is 25.3. The number of fused-ring (bicyclic) bond motifs is 1. The number of nitrogens with zero attached hydrogens (tertiary/aromatic N) is 2. The van der Waals surface area contributed by atoms with Crippen LogP contribution in [0.2, 0.25) is 0 Å². The van der Waals surface area contributed by atoms with Crippen LogP contribution in [-0.4, -0.2) is 56.0 Å². The number of aromatic nitrogens is 1. The van der Waals surface area contributed by atoms with Crippen molar-refractivity contribution in [2.75, 3.05) is 20.1 Å². The number of carbonyl (C=O) groups is 1. The predicted octanol–water partition coefficient (Wildman–Crippen LogP) is 0.290. The van der Waals surface area contributed by atoms with Crippen molar-refractivity contribution in [2.45, 2.75) is 42.7 Å². The van der Waals surface area contributed by atoms with E-state index in [1.54, 1.807) is 11.6 Å². The van der Waals surface area contributed by atoms with E-state index in [2.05, 4.69) is 14.9 Å². The van der Waals surface area contributed by atoms with E-state index in [1.807, 2.05) is 0 Å². The van der Waals surface area contributed by atoms with Crippen LogP contribution in [0.25, 0.3) is 0 Å². The molecule has 2 aliphatic heterocycles. The van der Waals surface area contributed by atoms with E-state index in [1.165, 1.54) is 32.2 Å². The number of aryl methyl sites for hydroxylation is 1. The number of rotatable bonds is 4. The molecule has 0 spiro atoms. The number of hydrogen-bond donors (Lipinski definition) is 2. The summed E-state index contributed by atoms with van der Waals surface area (Å²) in [5, 5.41) is 3.10. The van der Waals surface area contributed by atoms with Gasteiger partial charge in [0.15, 0.2) is 0 Å². The molecule has 2 aliphatic rings. The van der Waals surface area contributed by atoms with Gasteiger partial charge in [-0.2, -0.15) is 0 Å². The van der Waals surface area contributed by atoms with E-state index in [4.69, 9.17) is 0 Å². The molecule has 2 N–H and O–H groups in total. The Balaban J connectivity index is 1.74. The second-order valence-corrected chi connectivity index (χ2v) is 8.23. The lowest BCUT2D eigenvalue weighted by Crippen LogP contribution is -2.47. The van der Waals surface area contributed by atoms with Gasteiger partial charge in [-0.25, -0.2) is 13.1 Å². The van der Waals surface area contributed by atoms with Gasteiger partial charge >= 0.3 is 0 Å². The molecule has 2 saturated heterocycles. The van der Waals surface area contributed by atoms with E-state index in [0.717, 1.165) is 25.9 Å². The molecule has 0 aromatic carbocycles. The summed E-state index contributed by atoms with van der Waals surface area (Å²) in [6.07, 6.45) is 5.99. The lowest BCUT2D eigenvalue weighted by atomic mass is 9.99. The van der Waals surface area contributed by atoms with Crippen molar-refractivity contribution in [3.05, 3.63) is 18.0 Å². The third-order valence-electron chi connectivity index (χ3n) is 4.96. The Morgan fingerprint density at radius 1 is 1.26 bits per heavy atom. The number of sulfonamides is 1. The maximum absolute atomic E-state index is 12.6. The fourth-order valence-electron chi connectivity index (χ4n) is 3.68.